The summed E-state index contributed by atoms with van der Waals surface area (Å²) in [5.41, 5.74) is 1.04. The lowest BCUT2D eigenvalue weighted by molar-refractivity contribution is 0.476. The van der Waals surface area contributed by atoms with Gasteiger partial charge in [0, 0.05) is 0 Å². The van der Waals surface area contributed by atoms with Crippen molar-refractivity contribution in [2.24, 2.45) is 0 Å². The van der Waals surface area contributed by atoms with Gasteiger partial charge >= 0.3 is 6.01 Å². The number of aromatic nitrogens is 2. The highest BCUT2D eigenvalue weighted by molar-refractivity contribution is 7.92. The monoisotopic (exact) mass is 343 g/mol. The van der Waals surface area contributed by atoms with Gasteiger partial charge in [0.05, 0.1) is 10.8 Å². The molecule has 3 aromatic rings. The molecule has 2 aromatic carbocycles. The number of nitrogens with one attached hydrogen (secondary N) is 1. The highest BCUT2D eigenvalue weighted by Crippen LogP contribution is 2.28. The van der Waals surface area contributed by atoms with Gasteiger partial charge < -0.3 is 4.42 Å². The average Bonchev–Trinajstić information content (AvgIpc) is 3.05. The van der Waals surface area contributed by atoms with Gasteiger partial charge in [0.2, 0.25) is 5.89 Å². The maximum absolute atomic E-state index is 12.3. The number of sulfonamides is 1. The summed E-state index contributed by atoms with van der Waals surface area (Å²) in [4.78, 5) is 0.139. The van der Waals surface area contributed by atoms with Crippen molar-refractivity contribution >= 4 is 16.0 Å². The second-order valence-corrected chi connectivity index (χ2v) is 6.92. The van der Waals surface area contributed by atoms with E-state index in [2.05, 4.69) is 14.9 Å². The molecule has 0 spiro atoms. The maximum atomic E-state index is 12.3. The first-order valence-electron chi connectivity index (χ1n) is 7.56. The molecule has 0 amide bonds. The summed E-state index contributed by atoms with van der Waals surface area (Å²) in [5, 5.41) is 7.81. The Labute approximate surface area is 140 Å². The van der Waals surface area contributed by atoms with Crippen molar-refractivity contribution in [3.63, 3.8) is 0 Å². The fraction of sp³-hybridized carbons (Fsp3) is 0.176. The highest BCUT2D eigenvalue weighted by Gasteiger charge is 2.22. The fourth-order valence-electron chi connectivity index (χ4n) is 2.43. The van der Waals surface area contributed by atoms with Gasteiger partial charge in [0.1, 0.15) is 0 Å². The molecule has 6 nitrogen and oxygen atoms in total. The molecule has 0 radical (unpaired) electrons. The Morgan fingerprint density at radius 2 is 1.62 bits per heavy atom. The third-order valence-corrected chi connectivity index (χ3v) is 4.96. The van der Waals surface area contributed by atoms with Gasteiger partial charge in [-0.25, -0.2) is 13.1 Å². The molecule has 1 aromatic heterocycles. The van der Waals surface area contributed by atoms with Crippen LogP contribution >= 0.6 is 0 Å². The lowest BCUT2D eigenvalue weighted by Gasteiger charge is -2.10. The van der Waals surface area contributed by atoms with E-state index in [4.69, 9.17) is 4.42 Å². The van der Waals surface area contributed by atoms with Crippen LogP contribution < -0.4 is 4.72 Å². The summed E-state index contributed by atoms with van der Waals surface area (Å²) in [6.45, 7) is 2.01. The van der Waals surface area contributed by atoms with Crippen LogP contribution in [0.5, 0.6) is 0 Å². The molecule has 0 aliphatic heterocycles. The van der Waals surface area contributed by atoms with Crippen LogP contribution in [0.1, 0.15) is 30.7 Å². The first-order chi connectivity index (χ1) is 11.6. The number of hydrogen-bond acceptors (Lipinski definition) is 5. The Kier molecular flexibility index (Phi) is 4.61. The summed E-state index contributed by atoms with van der Waals surface area (Å²) in [6, 6.07) is 17.7. The lowest BCUT2D eigenvalue weighted by atomic mass is 9.97. The molecule has 0 fully saturated rings. The molecule has 3 rings (SSSR count). The molecular weight excluding hydrogens is 326 g/mol. The largest absolute Gasteiger partial charge is 0.407 e. The first kappa shape index (κ1) is 16.2. The van der Waals surface area contributed by atoms with Crippen LogP contribution in [-0.4, -0.2) is 18.6 Å². The molecule has 1 N–H and O–H groups in total. The topological polar surface area (TPSA) is 85.1 Å². The van der Waals surface area contributed by atoms with E-state index in [0.717, 1.165) is 12.0 Å². The number of nitrogens with zero attached hydrogens (tertiary/aromatic N) is 2. The molecule has 0 saturated carbocycles. The zero-order valence-corrected chi connectivity index (χ0v) is 13.9. The third kappa shape index (κ3) is 3.46. The van der Waals surface area contributed by atoms with Gasteiger partial charge in [0.25, 0.3) is 10.0 Å². The van der Waals surface area contributed by atoms with Gasteiger partial charge in [-0.1, -0.05) is 60.6 Å². The van der Waals surface area contributed by atoms with E-state index in [1.165, 1.54) is 12.1 Å². The Hall–Kier alpha value is -2.67. The van der Waals surface area contributed by atoms with Gasteiger partial charge in [-0.3, -0.25) is 0 Å². The number of hydrogen-bond donors (Lipinski definition) is 1. The number of anilines is 1. The van der Waals surface area contributed by atoms with Gasteiger partial charge in [-0.15, -0.1) is 5.10 Å². The van der Waals surface area contributed by atoms with E-state index in [-0.39, 0.29) is 16.8 Å². The minimum atomic E-state index is -3.74. The Balaban J connectivity index is 1.83. The van der Waals surface area contributed by atoms with E-state index >= 15 is 0 Å². The van der Waals surface area contributed by atoms with Crippen molar-refractivity contribution < 1.29 is 12.8 Å². The molecule has 7 heteroatoms. The minimum absolute atomic E-state index is 0.0753. The smallest absolute Gasteiger partial charge is 0.329 e. The van der Waals surface area contributed by atoms with E-state index in [1.807, 2.05) is 37.3 Å². The van der Waals surface area contributed by atoms with Gasteiger partial charge in [-0.2, -0.15) is 0 Å². The normalized spacial score (nSPS) is 12.7. The lowest BCUT2D eigenvalue weighted by Crippen LogP contribution is -2.12. The molecule has 0 aliphatic carbocycles. The summed E-state index contributed by atoms with van der Waals surface area (Å²) in [7, 11) is -3.74. The molecule has 0 unspecified atom stereocenters. The third-order valence-electron chi connectivity index (χ3n) is 3.62. The van der Waals surface area contributed by atoms with Gasteiger partial charge in [0.15, 0.2) is 0 Å². The quantitative estimate of drug-likeness (QED) is 0.741. The van der Waals surface area contributed by atoms with Gasteiger partial charge in [-0.05, 0) is 24.1 Å². The SMILES string of the molecule is CC[C@@H](c1ccccc1)c1nnc(NS(=O)(=O)c2ccccc2)o1. The van der Waals surface area contributed by atoms with Crippen molar-refractivity contribution in [2.75, 3.05) is 4.72 Å². The molecular formula is C17H17N3O3S. The predicted molar refractivity (Wildman–Crippen MR) is 90.1 cm³/mol. The van der Waals surface area contributed by atoms with E-state index < -0.39 is 10.0 Å². The second-order valence-electron chi connectivity index (χ2n) is 5.24. The molecule has 1 atom stereocenters. The predicted octanol–water partition coefficient (Wildman–Crippen LogP) is 3.41. The zero-order valence-electron chi connectivity index (χ0n) is 13.1. The molecule has 24 heavy (non-hydrogen) atoms. The van der Waals surface area contributed by atoms with Crippen molar-refractivity contribution in [1.82, 2.24) is 10.2 Å². The van der Waals surface area contributed by atoms with Crippen molar-refractivity contribution in [3.05, 3.63) is 72.1 Å². The van der Waals surface area contributed by atoms with Crippen LogP contribution in [0, 0.1) is 0 Å². The summed E-state index contributed by atoms with van der Waals surface area (Å²) in [5.74, 6) is 0.308. The van der Waals surface area contributed by atoms with Crippen LogP contribution in [0.4, 0.5) is 6.01 Å². The van der Waals surface area contributed by atoms with E-state index in [0.29, 0.717) is 5.89 Å². The number of rotatable bonds is 6. The van der Waals surface area contributed by atoms with Crippen molar-refractivity contribution in [2.45, 2.75) is 24.2 Å². The van der Waals surface area contributed by atoms with E-state index in [9.17, 15) is 8.42 Å². The number of benzene rings is 2. The summed E-state index contributed by atoms with van der Waals surface area (Å²) < 4.78 is 32.4. The standard InChI is InChI=1S/C17H17N3O3S/c1-2-15(13-9-5-3-6-10-13)16-18-19-17(23-16)20-24(21,22)14-11-7-4-8-12-14/h3-12,15H,2H2,1H3,(H,19,20)/t15-/m0/s1. The molecule has 0 bridgehead atoms. The first-order valence-corrected chi connectivity index (χ1v) is 9.04. The average molecular weight is 343 g/mol. The van der Waals surface area contributed by atoms with Crippen LogP contribution in [0.2, 0.25) is 0 Å². The molecule has 124 valence electrons. The van der Waals surface area contributed by atoms with Crippen molar-refractivity contribution in [3.8, 4) is 0 Å². The Morgan fingerprint density at radius 1 is 1.00 bits per heavy atom. The molecule has 0 aliphatic rings. The van der Waals surface area contributed by atoms with Crippen molar-refractivity contribution in [1.29, 1.82) is 0 Å². The molecule has 1 heterocycles. The van der Waals surface area contributed by atoms with Crippen LogP contribution in [-0.2, 0) is 10.0 Å². The Morgan fingerprint density at radius 3 is 2.25 bits per heavy atom. The highest BCUT2D eigenvalue weighted by atomic mass is 32.2. The van der Waals surface area contributed by atoms with Crippen LogP contribution in [0.3, 0.4) is 0 Å². The second kappa shape index (κ2) is 6.84. The zero-order chi connectivity index (χ0) is 17.0. The minimum Gasteiger partial charge on any atom is -0.407 e. The fourth-order valence-corrected chi connectivity index (χ4v) is 3.37. The van der Waals surface area contributed by atoms with Crippen LogP contribution in [0.15, 0.2) is 70.0 Å². The molecule has 0 saturated heterocycles. The van der Waals surface area contributed by atoms with Crippen LogP contribution in [0.25, 0.3) is 0 Å². The summed E-state index contributed by atoms with van der Waals surface area (Å²) in [6.07, 6.45) is 0.761. The Bertz CT molecular complexity index is 893. The van der Waals surface area contributed by atoms with E-state index in [1.54, 1.807) is 18.2 Å². The summed E-state index contributed by atoms with van der Waals surface area (Å²) >= 11 is 0. The maximum Gasteiger partial charge on any atom is 0.329 e.